The van der Waals surface area contributed by atoms with Crippen LogP contribution in [0.25, 0.3) is 21.9 Å². The molecule has 0 spiro atoms. The Morgan fingerprint density at radius 3 is 3.00 bits per heavy atom. The van der Waals surface area contributed by atoms with Crippen molar-refractivity contribution >= 4 is 45.8 Å². The van der Waals surface area contributed by atoms with E-state index in [0.29, 0.717) is 28.3 Å². The number of rotatable bonds is 6. The van der Waals surface area contributed by atoms with Crippen molar-refractivity contribution in [2.75, 3.05) is 11.1 Å². The SMILES string of the molecule is O=C(CSc1nc2ccccc2o1)Nc1ccsc1-c1nc(C2CC2)no1. The van der Waals surface area contributed by atoms with E-state index in [1.807, 2.05) is 35.7 Å². The maximum atomic E-state index is 12.3. The molecule has 7 nitrogen and oxygen atoms in total. The Hall–Kier alpha value is -2.65. The minimum Gasteiger partial charge on any atom is -0.431 e. The summed E-state index contributed by atoms with van der Waals surface area (Å²) in [4.78, 5) is 21.9. The number of nitrogens with one attached hydrogen (secondary N) is 1. The maximum absolute atomic E-state index is 12.3. The summed E-state index contributed by atoms with van der Waals surface area (Å²) in [6.45, 7) is 0. The van der Waals surface area contributed by atoms with Gasteiger partial charge in [0.1, 0.15) is 10.4 Å². The molecule has 136 valence electrons. The number of carbonyl (C=O) groups excluding carboxylic acids is 1. The number of fused-ring (bicyclic) bond motifs is 1. The normalized spacial score (nSPS) is 13.9. The molecule has 9 heteroatoms. The highest BCUT2D eigenvalue weighted by atomic mass is 32.2. The van der Waals surface area contributed by atoms with E-state index in [0.717, 1.165) is 29.1 Å². The lowest BCUT2D eigenvalue weighted by molar-refractivity contribution is -0.113. The number of hydrogen-bond acceptors (Lipinski definition) is 8. The standard InChI is InChI=1S/C18H14N4O3S2/c23-14(9-27-18-20-11-3-1-2-4-13(11)24-18)19-12-7-8-26-15(12)17-21-16(22-25-17)10-5-6-10/h1-4,7-8,10H,5-6,9H2,(H,19,23). The van der Waals surface area contributed by atoms with Gasteiger partial charge in [-0.25, -0.2) is 4.98 Å². The van der Waals surface area contributed by atoms with Crippen molar-refractivity contribution in [2.45, 2.75) is 24.0 Å². The van der Waals surface area contributed by atoms with Gasteiger partial charge in [0.05, 0.1) is 11.4 Å². The molecule has 0 radical (unpaired) electrons. The molecule has 0 saturated heterocycles. The first kappa shape index (κ1) is 16.5. The number of anilines is 1. The molecule has 1 saturated carbocycles. The average Bonchev–Trinajstić information content (AvgIpc) is 3.09. The van der Waals surface area contributed by atoms with Gasteiger partial charge in [0.15, 0.2) is 11.4 Å². The van der Waals surface area contributed by atoms with Crippen LogP contribution >= 0.6 is 23.1 Å². The minimum atomic E-state index is -0.149. The zero-order valence-electron chi connectivity index (χ0n) is 14.0. The van der Waals surface area contributed by atoms with Crippen LogP contribution in [0.1, 0.15) is 24.6 Å². The summed E-state index contributed by atoms with van der Waals surface area (Å²) in [5.74, 6) is 1.67. The van der Waals surface area contributed by atoms with E-state index in [4.69, 9.17) is 8.94 Å². The van der Waals surface area contributed by atoms with Crippen LogP contribution in [0.2, 0.25) is 0 Å². The highest BCUT2D eigenvalue weighted by molar-refractivity contribution is 7.99. The summed E-state index contributed by atoms with van der Waals surface area (Å²) in [6.07, 6.45) is 2.22. The lowest BCUT2D eigenvalue weighted by Gasteiger charge is -2.03. The molecule has 1 fully saturated rings. The van der Waals surface area contributed by atoms with Gasteiger partial charge in [0, 0.05) is 5.92 Å². The van der Waals surface area contributed by atoms with Crippen molar-refractivity contribution in [3.05, 3.63) is 41.5 Å². The molecule has 1 aromatic carbocycles. The zero-order valence-corrected chi connectivity index (χ0v) is 15.7. The number of thioether (sulfide) groups is 1. The summed E-state index contributed by atoms with van der Waals surface area (Å²) in [6, 6.07) is 9.35. The molecule has 0 bridgehead atoms. The van der Waals surface area contributed by atoms with Crippen molar-refractivity contribution in [2.24, 2.45) is 0 Å². The fourth-order valence-electron chi connectivity index (χ4n) is 2.63. The van der Waals surface area contributed by atoms with Crippen molar-refractivity contribution in [1.82, 2.24) is 15.1 Å². The van der Waals surface area contributed by atoms with Gasteiger partial charge in [-0.05, 0) is 36.4 Å². The van der Waals surface area contributed by atoms with Gasteiger partial charge in [-0.3, -0.25) is 4.79 Å². The van der Waals surface area contributed by atoms with Crippen LogP contribution in [0.5, 0.6) is 0 Å². The molecule has 5 rings (SSSR count). The number of benzene rings is 1. The average molecular weight is 398 g/mol. The Morgan fingerprint density at radius 2 is 2.15 bits per heavy atom. The van der Waals surface area contributed by atoms with Crippen LogP contribution < -0.4 is 5.32 Å². The molecule has 0 atom stereocenters. The van der Waals surface area contributed by atoms with Crippen molar-refractivity contribution in [3.8, 4) is 10.8 Å². The van der Waals surface area contributed by atoms with Gasteiger partial charge in [0.2, 0.25) is 5.91 Å². The molecule has 0 aliphatic heterocycles. The molecule has 3 heterocycles. The van der Waals surface area contributed by atoms with Crippen molar-refractivity contribution in [1.29, 1.82) is 0 Å². The Kier molecular flexibility index (Phi) is 4.17. The van der Waals surface area contributed by atoms with Gasteiger partial charge in [0.25, 0.3) is 11.1 Å². The topological polar surface area (TPSA) is 94.1 Å². The smallest absolute Gasteiger partial charge is 0.270 e. The largest absolute Gasteiger partial charge is 0.431 e. The third-order valence-corrected chi connectivity index (χ3v) is 5.85. The van der Waals surface area contributed by atoms with Crippen LogP contribution in [0.4, 0.5) is 5.69 Å². The highest BCUT2D eigenvalue weighted by Gasteiger charge is 2.29. The third-order valence-electron chi connectivity index (χ3n) is 4.12. The molecule has 1 amide bonds. The van der Waals surface area contributed by atoms with Crippen LogP contribution in [0, 0.1) is 0 Å². The van der Waals surface area contributed by atoms with E-state index in [2.05, 4.69) is 20.4 Å². The van der Waals surface area contributed by atoms with E-state index in [-0.39, 0.29) is 11.7 Å². The van der Waals surface area contributed by atoms with E-state index in [9.17, 15) is 4.79 Å². The Labute approximate surface area is 162 Å². The van der Waals surface area contributed by atoms with Crippen LogP contribution in [0.3, 0.4) is 0 Å². The fourth-order valence-corrected chi connectivity index (χ4v) is 4.04. The first-order chi connectivity index (χ1) is 13.3. The lowest BCUT2D eigenvalue weighted by Crippen LogP contribution is -2.14. The van der Waals surface area contributed by atoms with Crippen LogP contribution in [-0.4, -0.2) is 26.8 Å². The molecule has 0 unspecified atom stereocenters. The molecule has 1 N–H and O–H groups in total. The highest BCUT2D eigenvalue weighted by Crippen LogP contribution is 2.40. The Bertz CT molecular complexity index is 1080. The minimum absolute atomic E-state index is 0.149. The zero-order chi connectivity index (χ0) is 18.2. The predicted octanol–water partition coefficient (Wildman–Crippen LogP) is 4.55. The summed E-state index contributed by atoms with van der Waals surface area (Å²) >= 11 is 2.72. The molecule has 4 aromatic rings. The number of nitrogens with zero attached hydrogens (tertiary/aromatic N) is 3. The van der Waals surface area contributed by atoms with Gasteiger partial charge in [-0.15, -0.1) is 11.3 Å². The number of aromatic nitrogens is 3. The number of para-hydroxylation sites is 2. The second kappa shape index (κ2) is 6.82. The van der Waals surface area contributed by atoms with E-state index >= 15 is 0 Å². The second-order valence-electron chi connectivity index (χ2n) is 6.18. The fraction of sp³-hybridized carbons (Fsp3) is 0.222. The summed E-state index contributed by atoms with van der Waals surface area (Å²) in [5, 5.41) is 9.30. The Morgan fingerprint density at radius 1 is 1.26 bits per heavy atom. The van der Waals surface area contributed by atoms with E-state index < -0.39 is 0 Å². The Balaban J connectivity index is 1.25. The molecule has 1 aliphatic carbocycles. The summed E-state index contributed by atoms with van der Waals surface area (Å²) in [7, 11) is 0. The van der Waals surface area contributed by atoms with Crippen LogP contribution in [-0.2, 0) is 4.79 Å². The maximum Gasteiger partial charge on any atom is 0.270 e. The number of amides is 1. The second-order valence-corrected chi connectivity index (χ2v) is 8.02. The van der Waals surface area contributed by atoms with Crippen LogP contribution in [0.15, 0.2) is 49.9 Å². The number of hydrogen-bond donors (Lipinski definition) is 1. The summed E-state index contributed by atoms with van der Waals surface area (Å²) in [5.41, 5.74) is 2.17. The van der Waals surface area contributed by atoms with Crippen molar-refractivity contribution < 1.29 is 13.7 Å². The molecular formula is C18H14N4O3S2. The molecule has 3 aromatic heterocycles. The van der Waals surface area contributed by atoms with E-state index in [1.54, 1.807) is 0 Å². The van der Waals surface area contributed by atoms with Gasteiger partial charge >= 0.3 is 0 Å². The third kappa shape index (κ3) is 3.47. The number of carbonyl (C=O) groups is 1. The first-order valence-electron chi connectivity index (χ1n) is 8.46. The first-order valence-corrected chi connectivity index (χ1v) is 10.3. The van der Waals surface area contributed by atoms with Gasteiger partial charge in [-0.1, -0.05) is 29.1 Å². The van der Waals surface area contributed by atoms with Gasteiger partial charge < -0.3 is 14.3 Å². The number of thiophene rings is 1. The number of oxazole rings is 1. The molecular weight excluding hydrogens is 384 g/mol. The van der Waals surface area contributed by atoms with E-state index in [1.165, 1.54) is 23.1 Å². The lowest BCUT2D eigenvalue weighted by atomic mass is 10.3. The van der Waals surface area contributed by atoms with Gasteiger partial charge in [-0.2, -0.15) is 4.98 Å². The summed E-state index contributed by atoms with van der Waals surface area (Å²) < 4.78 is 11.0. The molecule has 1 aliphatic rings. The predicted molar refractivity (Wildman–Crippen MR) is 103 cm³/mol. The quantitative estimate of drug-likeness (QED) is 0.476. The monoisotopic (exact) mass is 398 g/mol. The molecule has 27 heavy (non-hydrogen) atoms. The van der Waals surface area contributed by atoms with Crippen molar-refractivity contribution in [3.63, 3.8) is 0 Å².